The maximum Gasteiger partial charge on any atom is 0.255 e. The fraction of sp³-hybridized carbons (Fsp3) is 0.240. The number of rotatable bonds is 3. The minimum atomic E-state index is -0.220. The van der Waals surface area contributed by atoms with E-state index in [0.29, 0.717) is 54.9 Å². The van der Waals surface area contributed by atoms with Crippen LogP contribution in [0.25, 0.3) is 16.8 Å². The molecule has 1 amide bonds. The van der Waals surface area contributed by atoms with Crippen LogP contribution in [0.3, 0.4) is 0 Å². The highest BCUT2D eigenvalue weighted by atomic mass is 35.5. The zero-order chi connectivity index (χ0) is 23.5. The van der Waals surface area contributed by atoms with Gasteiger partial charge in [-0.25, -0.2) is 9.50 Å². The van der Waals surface area contributed by atoms with Crippen molar-refractivity contribution in [2.45, 2.75) is 13.5 Å². The second-order valence-electron chi connectivity index (χ2n) is 7.99. The predicted molar refractivity (Wildman–Crippen MR) is 131 cm³/mol. The quantitative estimate of drug-likeness (QED) is 0.461. The number of carbonyl (C=O) groups is 1. The molecule has 5 rings (SSSR count). The molecule has 9 heteroatoms. The summed E-state index contributed by atoms with van der Waals surface area (Å²) in [7, 11) is 0. The first-order valence-corrected chi connectivity index (χ1v) is 11.4. The van der Waals surface area contributed by atoms with Gasteiger partial charge in [0.05, 0.1) is 25.0 Å². The fourth-order valence-corrected chi connectivity index (χ4v) is 4.09. The van der Waals surface area contributed by atoms with Gasteiger partial charge >= 0.3 is 0 Å². The summed E-state index contributed by atoms with van der Waals surface area (Å²) in [6.07, 6.45) is 3.63. The van der Waals surface area contributed by atoms with E-state index in [4.69, 9.17) is 26.1 Å². The van der Waals surface area contributed by atoms with Crippen LogP contribution in [-0.2, 0) is 11.3 Å². The van der Waals surface area contributed by atoms with Gasteiger partial charge in [-0.2, -0.15) is 5.10 Å². The lowest BCUT2D eigenvalue weighted by Gasteiger charge is -2.15. The number of fused-ring (bicyclic) bond motifs is 4. The number of aromatic nitrogens is 3. The van der Waals surface area contributed by atoms with E-state index in [9.17, 15) is 4.79 Å². The molecule has 2 aromatic carbocycles. The Morgan fingerprint density at radius 1 is 1.18 bits per heavy atom. The van der Waals surface area contributed by atoms with Crippen LogP contribution in [0.1, 0.15) is 21.5 Å². The second-order valence-corrected chi connectivity index (χ2v) is 8.43. The molecule has 8 nitrogen and oxygen atoms in total. The molecular weight excluding hydrogens is 454 g/mol. The van der Waals surface area contributed by atoms with Crippen LogP contribution in [0, 0.1) is 6.92 Å². The third kappa shape index (κ3) is 4.69. The van der Waals surface area contributed by atoms with Gasteiger partial charge in [-0.05, 0) is 53.9 Å². The molecule has 4 aromatic rings. The third-order valence-corrected chi connectivity index (χ3v) is 5.92. The minimum absolute atomic E-state index is 0.220. The summed E-state index contributed by atoms with van der Waals surface area (Å²) in [5, 5.41) is 11.3. The number of anilines is 1. The summed E-state index contributed by atoms with van der Waals surface area (Å²) in [5.41, 5.74) is 4.90. The number of nitrogens with one attached hydrogen (secondary N) is 2. The number of hydrogen-bond donors (Lipinski definition) is 2. The molecule has 0 aliphatic carbocycles. The number of benzene rings is 2. The van der Waals surface area contributed by atoms with Gasteiger partial charge in [0, 0.05) is 29.9 Å². The molecule has 0 saturated heterocycles. The number of halogens is 1. The van der Waals surface area contributed by atoms with Crippen molar-refractivity contribution in [2.24, 2.45) is 0 Å². The van der Waals surface area contributed by atoms with Crippen molar-refractivity contribution in [1.82, 2.24) is 19.9 Å². The molecule has 3 heterocycles. The normalized spacial score (nSPS) is 13.7. The molecule has 0 fully saturated rings. The molecule has 0 atom stereocenters. The molecule has 1 aliphatic heterocycles. The first-order chi connectivity index (χ1) is 16.6. The highest BCUT2D eigenvalue weighted by molar-refractivity contribution is 6.30. The van der Waals surface area contributed by atoms with E-state index < -0.39 is 0 Å². The van der Waals surface area contributed by atoms with E-state index in [1.54, 1.807) is 16.8 Å². The van der Waals surface area contributed by atoms with Crippen molar-refractivity contribution in [3.63, 3.8) is 0 Å². The summed E-state index contributed by atoms with van der Waals surface area (Å²) in [4.78, 5) is 17.8. The Morgan fingerprint density at radius 2 is 2.09 bits per heavy atom. The molecule has 2 N–H and O–H groups in total. The average molecular weight is 478 g/mol. The fourth-order valence-electron chi connectivity index (χ4n) is 3.86. The summed E-state index contributed by atoms with van der Waals surface area (Å²) in [5.74, 6) is 1.01. The van der Waals surface area contributed by atoms with Gasteiger partial charge in [0.1, 0.15) is 18.2 Å². The summed E-state index contributed by atoms with van der Waals surface area (Å²) >= 11 is 6.05. The molecule has 1 aliphatic rings. The Balaban J connectivity index is 1.46. The van der Waals surface area contributed by atoms with Crippen molar-refractivity contribution < 1.29 is 14.3 Å². The van der Waals surface area contributed by atoms with Gasteiger partial charge in [0.15, 0.2) is 5.65 Å². The monoisotopic (exact) mass is 477 g/mol. The van der Waals surface area contributed by atoms with Crippen LogP contribution < -0.4 is 15.4 Å². The predicted octanol–water partition coefficient (Wildman–Crippen LogP) is 4.11. The lowest BCUT2D eigenvalue weighted by molar-refractivity contribution is 0.0932. The Hall–Kier alpha value is -3.62. The summed E-state index contributed by atoms with van der Waals surface area (Å²) in [6.45, 7) is 4.22. The topological polar surface area (TPSA) is 89.8 Å². The van der Waals surface area contributed by atoms with Crippen LogP contribution in [0.4, 0.5) is 5.82 Å². The molecule has 2 aromatic heterocycles. The third-order valence-electron chi connectivity index (χ3n) is 5.69. The summed E-state index contributed by atoms with van der Waals surface area (Å²) in [6, 6.07) is 13.0. The van der Waals surface area contributed by atoms with Gasteiger partial charge in [0.25, 0.3) is 5.91 Å². The van der Waals surface area contributed by atoms with Gasteiger partial charge in [-0.15, -0.1) is 0 Å². The largest absolute Gasteiger partial charge is 0.490 e. The lowest BCUT2D eigenvalue weighted by atomic mass is 10.0. The molecular formula is C25H24ClN5O3. The number of aryl methyl sites for hydroxylation is 1. The maximum absolute atomic E-state index is 13.1. The van der Waals surface area contributed by atoms with Gasteiger partial charge in [-0.1, -0.05) is 23.7 Å². The van der Waals surface area contributed by atoms with Crippen LogP contribution >= 0.6 is 11.6 Å². The zero-order valence-electron chi connectivity index (χ0n) is 18.7. The molecule has 0 saturated carbocycles. The second kappa shape index (κ2) is 9.70. The van der Waals surface area contributed by atoms with E-state index in [1.165, 1.54) is 0 Å². The molecule has 0 radical (unpaired) electrons. The Kier molecular flexibility index (Phi) is 6.33. The minimum Gasteiger partial charge on any atom is -0.490 e. The van der Waals surface area contributed by atoms with Crippen molar-refractivity contribution in [2.75, 3.05) is 31.7 Å². The van der Waals surface area contributed by atoms with Crippen molar-refractivity contribution in [1.29, 1.82) is 0 Å². The van der Waals surface area contributed by atoms with Crippen LogP contribution in [0.2, 0.25) is 5.02 Å². The van der Waals surface area contributed by atoms with Crippen LogP contribution in [0.5, 0.6) is 5.75 Å². The standard InChI is InChI=1S/C25H24ClN5O3/c1-16-12-19(26)4-2-18(16)14-28-25(32)20-5-3-17-13-22(20)34-11-10-33-9-7-27-23-6-8-31-24(30-23)21(17)15-29-31/h2-6,8,12-13,15H,7,9-11,14H2,1H3,(H,27,30)(H,28,32). The van der Waals surface area contributed by atoms with Crippen molar-refractivity contribution in [3.05, 3.63) is 76.6 Å². The number of amides is 1. The van der Waals surface area contributed by atoms with Gasteiger partial charge in [-0.3, -0.25) is 4.79 Å². The van der Waals surface area contributed by atoms with Gasteiger partial charge < -0.3 is 20.1 Å². The molecule has 4 bridgehead atoms. The maximum atomic E-state index is 13.1. The van der Waals surface area contributed by atoms with Crippen molar-refractivity contribution in [3.8, 4) is 16.9 Å². The van der Waals surface area contributed by atoms with Gasteiger partial charge in [0.2, 0.25) is 0 Å². The van der Waals surface area contributed by atoms with E-state index in [2.05, 4.69) is 15.7 Å². The highest BCUT2D eigenvalue weighted by Gasteiger charge is 2.17. The highest BCUT2D eigenvalue weighted by Crippen LogP contribution is 2.30. The first-order valence-electron chi connectivity index (χ1n) is 11.0. The average Bonchev–Trinajstić information content (AvgIpc) is 3.25. The van der Waals surface area contributed by atoms with Crippen LogP contribution in [-0.4, -0.2) is 46.9 Å². The number of hydrogen-bond acceptors (Lipinski definition) is 6. The number of ether oxygens (including phenoxy) is 2. The van der Waals surface area contributed by atoms with E-state index in [-0.39, 0.29) is 5.91 Å². The number of nitrogens with zero attached hydrogens (tertiary/aromatic N) is 3. The Morgan fingerprint density at radius 3 is 2.97 bits per heavy atom. The first kappa shape index (κ1) is 22.2. The zero-order valence-corrected chi connectivity index (χ0v) is 19.4. The lowest BCUT2D eigenvalue weighted by Crippen LogP contribution is -2.24. The SMILES string of the molecule is Cc1cc(Cl)ccc1CNC(=O)c1ccc2cc1OCCOCCNc1ccn3ncc-2c3n1. The Labute approximate surface area is 201 Å². The smallest absolute Gasteiger partial charge is 0.255 e. The van der Waals surface area contributed by atoms with E-state index >= 15 is 0 Å². The number of carbonyl (C=O) groups excluding carboxylic acids is 1. The Bertz CT molecular complexity index is 1350. The van der Waals surface area contributed by atoms with E-state index in [0.717, 1.165) is 28.1 Å². The van der Waals surface area contributed by atoms with E-state index in [1.807, 2.05) is 49.5 Å². The molecule has 0 spiro atoms. The molecule has 34 heavy (non-hydrogen) atoms. The summed E-state index contributed by atoms with van der Waals surface area (Å²) < 4.78 is 13.4. The molecule has 0 unspecified atom stereocenters. The molecule has 174 valence electrons. The van der Waals surface area contributed by atoms with Crippen LogP contribution in [0.15, 0.2) is 54.9 Å². The van der Waals surface area contributed by atoms with Crippen molar-refractivity contribution >= 4 is 29.0 Å².